The summed E-state index contributed by atoms with van der Waals surface area (Å²) in [5.41, 5.74) is -5.68. The van der Waals surface area contributed by atoms with Crippen molar-refractivity contribution < 1.29 is 46.5 Å². The minimum absolute atomic E-state index is 0.0225. The molecule has 2 atom stereocenters. The van der Waals surface area contributed by atoms with Crippen LogP contribution >= 0.6 is 0 Å². The fourth-order valence-corrected chi connectivity index (χ4v) is 5.54. The second-order valence-electron chi connectivity index (χ2n) is 11.8. The standard InChI is InChI=1S/C31H37F3N2O7/c1-28(2,3)43-27(39)36-18-12-11-17-24(36)29(20-35(21-29)26(38)41-19-22-13-7-5-8-14-22)42-25(37)30(40-4,31(32,33)34)23-15-9-6-10-16-23/h5-10,13-16,24H,11-12,17-21H2,1-4H3/t24-,30-/m1/s1. The molecule has 12 heteroatoms. The van der Waals surface area contributed by atoms with E-state index >= 15 is 0 Å². The molecule has 2 amide bonds. The summed E-state index contributed by atoms with van der Waals surface area (Å²) in [7, 11) is 0.788. The molecule has 2 saturated heterocycles. The van der Waals surface area contributed by atoms with Gasteiger partial charge in [-0.2, -0.15) is 13.2 Å². The summed E-state index contributed by atoms with van der Waals surface area (Å²) in [5, 5.41) is 0. The largest absolute Gasteiger partial charge is 0.450 e. The van der Waals surface area contributed by atoms with Crippen LogP contribution in [-0.2, 0) is 35.9 Å². The van der Waals surface area contributed by atoms with Crippen molar-refractivity contribution in [2.45, 2.75) is 75.7 Å². The Morgan fingerprint density at radius 1 is 0.907 bits per heavy atom. The minimum Gasteiger partial charge on any atom is -0.450 e. The molecule has 0 radical (unpaired) electrons. The van der Waals surface area contributed by atoms with Crippen LogP contribution in [0.15, 0.2) is 60.7 Å². The van der Waals surface area contributed by atoms with E-state index in [1.165, 1.54) is 28.0 Å². The van der Waals surface area contributed by atoms with Crippen LogP contribution in [0.4, 0.5) is 22.8 Å². The van der Waals surface area contributed by atoms with Crippen LogP contribution in [-0.4, -0.2) is 78.1 Å². The molecule has 0 aromatic heterocycles. The maximum absolute atomic E-state index is 14.7. The maximum atomic E-state index is 14.7. The zero-order valence-electron chi connectivity index (χ0n) is 24.7. The zero-order chi connectivity index (χ0) is 31.5. The molecule has 2 aliphatic rings. The van der Waals surface area contributed by atoms with E-state index in [9.17, 15) is 27.6 Å². The predicted molar refractivity (Wildman–Crippen MR) is 149 cm³/mol. The van der Waals surface area contributed by atoms with E-state index in [1.54, 1.807) is 45.0 Å². The molecule has 4 rings (SSSR count). The first kappa shape index (κ1) is 32.1. The lowest BCUT2D eigenvalue weighted by Crippen LogP contribution is -2.75. The van der Waals surface area contributed by atoms with Crippen molar-refractivity contribution in [3.8, 4) is 0 Å². The van der Waals surface area contributed by atoms with Gasteiger partial charge in [0.25, 0.3) is 5.60 Å². The monoisotopic (exact) mass is 606 g/mol. The highest BCUT2D eigenvalue weighted by molar-refractivity contribution is 5.83. The number of alkyl halides is 3. The quantitative estimate of drug-likeness (QED) is 0.290. The molecule has 0 N–H and O–H groups in total. The van der Waals surface area contributed by atoms with Gasteiger partial charge in [-0.05, 0) is 45.6 Å². The number of hydrogen-bond donors (Lipinski definition) is 0. The van der Waals surface area contributed by atoms with Gasteiger partial charge in [-0.1, -0.05) is 60.7 Å². The highest BCUT2D eigenvalue weighted by atomic mass is 19.4. The van der Waals surface area contributed by atoms with Crippen LogP contribution < -0.4 is 0 Å². The number of benzene rings is 2. The zero-order valence-corrected chi connectivity index (χ0v) is 24.7. The van der Waals surface area contributed by atoms with Gasteiger partial charge in [-0.3, -0.25) is 4.90 Å². The SMILES string of the molecule is CO[C@@](C(=O)OC1([C@H]2CCCCN2C(=O)OC(C)(C)C)CN(C(=O)OCc2ccccc2)C1)(c1ccccc1)C(F)(F)F. The molecule has 0 spiro atoms. The lowest BCUT2D eigenvalue weighted by molar-refractivity contribution is -0.288. The van der Waals surface area contributed by atoms with Crippen molar-refractivity contribution in [3.05, 3.63) is 71.8 Å². The first-order valence-corrected chi connectivity index (χ1v) is 14.1. The van der Waals surface area contributed by atoms with E-state index in [1.807, 2.05) is 6.07 Å². The van der Waals surface area contributed by atoms with E-state index in [0.717, 1.165) is 24.8 Å². The Bertz CT molecular complexity index is 1280. The highest BCUT2D eigenvalue weighted by Crippen LogP contribution is 2.46. The Hall–Kier alpha value is -3.80. The van der Waals surface area contributed by atoms with Crippen LogP contribution in [0.2, 0.25) is 0 Å². The number of carbonyl (C=O) groups excluding carboxylic acids is 3. The Balaban J connectivity index is 1.66. The van der Waals surface area contributed by atoms with Crippen molar-refractivity contribution in [2.24, 2.45) is 0 Å². The molecule has 0 bridgehead atoms. The van der Waals surface area contributed by atoms with E-state index < -0.39 is 52.7 Å². The number of methoxy groups -OCH3 is 1. The van der Waals surface area contributed by atoms with Gasteiger partial charge in [0.15, 0.2) is 5.60 Å². The topological polar surface area (TPSA) is 94.6 Å². The fourth-order valence-electron chi connectivity index (χ4n) is 5.54. The number of amides is 2. The van der Waals surface area contributed by atoms with E-state index in [-0.39, 0.29) is 26.2 Å². The third kappa shape index (κ3) is 6.74. The van der Waals surface area contributed by atoms with Crippen molar-refractivity contribution >= 4 is 18.2 Å². The number of likely N-dealkylation sites (tertiary alicyclic amines) is 2. The summed E-state index contributed by atoms with van der Waals surface area (Å²) in [5.74, 6) is -1.69. The van der Waals surface area contributed by atoms with Crippen molar-refractivity contribution in [3.63, 3.8) is 0 Å². The molecular formula is C31H37F3N2O7. The van der Waals surface area contributed by atoms with Gasteiger partial charge < -0.3 is 23.8 Å². The molecule has 234 valence electrons. The number of halogens is 3. The van der Waals surface area contributed by atoms with Crippen LogP contribution in [0.3, 0.4) is 0 Å². The molecule has 2 aromatic rings. The van der Waals surface area contributed by atoms with Crippen molar-refractivity contribution in [2.75, 3.05) is 26.7 Å². The molecule has 2 aliphatic heterocycles. The van der Waals surface area contributed by atoms with Crippen LogP contribution in [0.5, 0.6) is 0 Å². The van der Waals surface area contributed by atoms with Gasteiger partial charge in [-0.25, -0.2) is 14.4 Å². The first-order valence-electron chi connectivity index (χ1n) is 14.1. The molecule has 2 heterocycles. The summed E-state index contributed by atoms with van der Waals surface area (Å²) in [6.45, 7) is 4.73. The normalized spacial score (nSPS) is 19.9. The molecular weight excluding hydrogens is 569 g/mol. The Morgan fingerprint density at radius 2 is 1.51 bits per heavy atom. The molecule has 43 heavy (non-hydrogen) atoms. The minimum atomic E-state index is -5.20. The number of nitrogens with zero attached hydrogens (tertiary/aromatic N) is 2. The number of rotatable bonds is 7. The lowest BCUT2D eigenvalue weighted by atomic mass is 9.80. The number of ether oxygens (including phenoxy) is 4. The van der Waals surface area contributed by atoms with Gasteiger partial charge in [0, 0.05) is 19.2 Å². The summed E-state index contributed by atoms with van der Waals surface area (Å²) in [4.78, 5) is 42.6. The van der Waals surface area contributed by atoms with Crippen molar-refractivity contribution in [1.82, 2.24) is 9.80 Å². The summed E-state index contributed by atoms with van der Waals surface area (Å²) >= 11 is 0. The van der Waals surface area contributed by atoms with Gasteiger partial charge in [0.2, 0.25) is 0 Å². The Morgan fingerprint density at radius 3 is 2.07 bits per heavy atom. The lowest BCUT2D eigenvalue weighted by Gasteiger charge is -2.56. The number of esters is 1. The van der Waals surface area contributed by atoms with E-state index in [2.05, 4.69) is 0 Å². The third-order valence-corrected chi connectivity index (χ3v) is 7.59. The summed E-state index contributed by atoms with van der Waals surface area (Å²) < 4.78 is 65.9. The second kappa shape index (κ2) is 12.4. The Kier molecular flexibility index (Phi) is 9.29. The number of carbonyl (C=O) groups is 3. The van der Waals surface area contributed by atoms with Crippen LogP contribution in [0, 0.1) is 0 Å². The molecule has 2 aromatic carbocycles. The van der Waals surface area contributed by atoms with Crippen LogP contribution in [0.25, 0.3) is 0 Å². The Labute approximate surface area is 248 Å². The fraction of sp³-hybridized carbons (Fsp3) is 0.516. The van der Waals surface area contributed by atoms with Gasteiger partial charge in [-0.15, -0.1) is 0 Å². The van der Waals surface area contributed by atoms with Gasteiger partial charge in [0.1, 0.15) is 12.2 Å². The van der Waals surface area contributed by atoms with E-state index in [4.69, 9.17) is 18.9 Å². The van der Waals surface area contributed by atoms with Gasteiger partial charge >= 0.3 is 24.3 Å². The van der Waals surface area contributed by atoms with E-state index in [0.29, 0.717) is 19.3 Å². The molecule has 9 nitrogen and oxygen atoms in total. The van der Waals surface area contributed by atoms with Crippen molar-refractivity contribution in [1.29, 1.82) is 0 Å². The highest BCUT2D eigenvalue weighted by Gasteiger charge is 2.67. The maximum Gasteiger partial charge on any atom is 0.432 e. The van der Waals surface area contributed by atoms with Gasteiger partial charge in [0.05, 0.1) is 19.1 Å². The number of hydrogen-bond acceptors (Lipinski definition) is 7. The molecule has 0 unspecified atom stereocenters. The predicted octanol–water partition coefficient (Wildman–Crippen LogP) is 5.81. The molecule has 2 fully saturated rings. The summed E-state index contributed by atoms with van der Waals surface area (Å²) in [6.07, 6.45) is -5.05. The summed E-state index contributed by atoms with van der Waals surface area (Å²) in [6, 6.07) is 14.6. The average molecular weight is 607 g/mol. The molecule has 0 saturated carbocycles. The second-order valence-corrected chi connectivity index (χ2v) is 11.8. The number of piperidine rings is 1. The smallest absolute Gasteiger partial charge is 0.432 e. The average Bonchev–Trinajstić information content (AvgIpc) is 2.93. The van der Waals surface area contributed by atoms with Crippen LogP contribution in [0.1, 0.15) is 51.2 Å². The first-order chi connectivity index (χ1) is 20.2. The molecule has 0 aliphatic carbocycles. The third-order valence-electron chi connectivity index (χ3n) is 7.59.